The summed E-state index contributed by atoms with van der Waals surface area (Å²) >= 11 is 0. The zero-order valence-corrected chi connectivity index (χ0v) is 6.15. The highest BCUT2D eigenvalue weighted by Gasteiger charge is 2.22. The highest BCUT2D eigenvalue weighted by molar-refractivity contribution is 5.36. The third-order valence-corrected chi connectivity index (χ3v) is 1.84. The molecule has 9 heavy (non-hydrogen) atoms. The zero-order valence-electron chi connectivity index (χ0n) is 6.15. The second kappa shape index (κ2) is 2.53. The summed E-state index contributed by atoms with van der Waals surface area (Å²) in [6, 6.07) is 0. The molecule has 0 heterocycles. The summed E-state index contributed by atoms with van der Waals surface area (Å²) in [6.45, 7) is 4.74. The molecule has 1 aliphatic rings. The molecule has 0 amide bonds. The van der Waals surface area contributed by atoms with E-state index in [1.54, 1.807) is 5.57 Å². The van der Waals surface area contributed by atoms with Crippen LogP contribution < -0.4 is 0 Å². The summed E-state index contributed by atoms with van der Waals surface area (Å²) in [6.07, 6.45) is 2.10. The van der Waals surface area contributed by atoms with E-state index in [9.17, 15) is 0 Å². The number of rotatable bonds is 3. The first kappa shape index (κ1) is 6.81. The lowest BCUT2D eigenvalue weighted by atomic mass is 10.2. The molecule has 1 aliphatic carbocycles. The first-order chi connectivity index (χ1) is 4.25. The molecule has 52 valence electrons. The summed E-state index contributed by atoms with van der Waals surface area (Å²) in [5.41, 5.74) is 3.07. The Labute approximate surface area is 56.4 Å². The van der Waals surface area contributed by atoms with E-state index >= 15 is 0 Å². The molecule has 0 fully saturated rings. The first-order valence-corrected chi connectivity index (χ1v) is 3.57. The molecule has 0 unspecified atom stereocenters. The van der Waals surface area contributed by atoms with Crippen LogP contribution in [0.3, 0.4) is 0 Å². The average Bonchev–Trinajstić information content (AvgIpc) is 2.47. The van der Waals surface area contributed by atoms with Crippen molar-refractivity contribution in [2.24, 2.45) is 5.92 Å². The predicted molar refractivity (Wildman–Crippen MR) is 38.2 cm³/mol. The Balaban J connectivity index is 2.31. The third kappa shape index (κ3) is 1.55. The van der Waals surface area contributed by atoms with Crippen LogP contribution in [0.2, 0.25) is 0 Å². The molecular formula is C8H14O. The smallest absolute Gasteiger partial charge is 0.0468 e. The van der Waals surface area contributed by atoms with Crippen LogP contribution in [-0.2, 0) is 0 Å². The van der Waals surface area contributed by atoms with Gasteiger partial charge in [0.1, 0.15) is 0 Å². The van der Waals surface area contributed by atoms with Gasteiger partial charge in [0.25, 0.3) is 0 Å². The fraction of sp³-hybridized carbons (Fsp3) is 0.750. The highest BCUT2D eigenvalue weighted by Crippen LogP contribution is 2.38. The molecule has 0 saturated carbocycles. The van der Waals surface area contributed by atoms with Crippen LogP contribution >= 0.6 is 0 Å². The summed E-state index contributed by atoms with van der Waals surface area (Å²) in [7, 11) is 0. The molecule has 0 atom stereocenters. The Hall–Kier alpha value is -0.300. The first-order valence-electron chi connectivity index (χ1n) is 3.57. The summed E-state index contributed by atoms with van der Waals surface area (Å²) in [5, 5.41) is 8.54. The van der Waals surface area contributed by atoms with E-state index in [0.29, 0.717) is 12.5 Å². The second-order valence-electron chi connectivity index (χ2n) is 2.93. The highest BCUT2D eigenvalue weighted by atomic mass is 16.2. The van der Waals surface area contributed by atoms with Gasteiger partial charge in [-0.05, 0) is 18.8 Å². The van der Waals surface area contributed by atoms with E-state index < -0.39 is 0 Å². The average molecular weight is 126 g/mol. The Kier molecular flexibility index (Phi) is 1.91. The van der Waals surface area contributed by atoms with Gasteiger partial charge in [0.05, 0.1) is 0 Å². The SMILES string of the molecule is CC(C)C1=C(CCO)C1. The molecule has 0 radical (unpaired) electrons. The minimum Gasteiger partial charge on any atom is -0.396 e. The van der Waals surface area contributed by atoms with E-state index in [1.807, 2.05) is 0 Å². The standard InChI is InChI=1S/C8H14O/c1-6(2)8-5-7(8)3-4-9/h6,9H,3-5H2,1-2H3. The van der Waals surface area contributed by atoms with Gasteiger partial charge in [-0.1, -0.05) is 25.0 Å². The van der Waals surface area contributed by atoms with Crippen LogP contribution in [0.1, 0.15) is 26.7 Å². The summed E-state index contributed by atoms with van der Waals surface area (Å²) < 4.78 is 0. The number of hydrogen-bond acceptors (Lipinski definition) is 1. The summed E-state index contributed by atoms with van der Waals surface area (Å²) in [5.74, 6) is 0.714. The Morgan fingerprint density at radius 3 is 2.56 bits per heavy atom. The number of aliphatic hydroxyl groups is 1. The maximum absolute atomic E-state index is 8.54. The van der Waals surface area contributed by atoms with Crippen molar-refractivity contribution < 1.29 is 5.11 Å². The van der Waals surface area contributed by atoms with E-state index in [-0.39, 0.29) is 0 Å². The van der Waals surface area contributed by atoms with Crippen molar-refractivity contribution in [1.82, 2.24) is 0 Å². The molecule has 0 saturated heterocycles. The lowest BCUT2D eigenvalue weighted by Crippen LogP contribution is -1.80. The lowest BCUT2D eigenvalue weighted by molar-refractivity contribution is 0.300. The molecule has 0 aromatic carbocycles. The van der Waals surface area contributed by atoms with Crippen molar-refractivity contribution in [1.29, 1.82) is 0 Å². The Morgan fingerprint density at radius 1 is 1.56 bits per heavy atom. The van der Waals surface area contributed by atoms with Gasteiger partial charge in [0, 0.05) is 6.61 Å². The normalized spacial score (nSPS) is 17.3. The van der Waals surface area contributed by atoms with E-state index in [2.05, 4.69) is 13.8 Å². The fourth-order valence-corrected chi connectivity index (χ4v) is 1.18. The van der Waals surface area contributed by atoms with Crippen molar-refractivity contribution >= 4 is 0 Å². The fourth-order valence-electron chi connectivity index (χ4n) is 1.18. The monoisotopic (exact) mass is 126 g/mol. The minimum absolute atomic E-state index is 0.325. The van der Waals surface area contributed by atoms with Crippen molar-refractivity contribution in [3.8, 4) is 0 Å². The van der Waals surface area contributed by atoms with E-state index in [1.165, 1.54) is 12.0 Å². The van der Waals surface area contributed by atoms with Crippen molar-refractivity contribution in [3.05, 3.63) is 11.1 Å². The maximum atomic E-state index is 8.54. The molecule has 0 bridgehead atoms. The van der Waals surface area contributed by atoms with Gasteiger partial charge in [-0.2, -0.15) is 0 Å². The van der Waals surface area contributed by atoms with Crippen LogP contribution in [0.4, 0.5) is 0 Å². The maximum Gasteiger partial charge on any atom is 0.0468 e. The van der Waals surface area contributed by atoms with Crippen LogP contribution in [0.25, 0.3) is 0 Å². The largest absolute Gasteiger partial charge is 0.396 e. The van der Waals surface area contributed by atoms with Crippen LogP contribution in [0.15, 0.2) is 11.1 Å². The van der Waals surface area contributed by atoms with Gasteiger partial charge in [0.2, 0.25) is 0 Å². The molecule has 0 spiro atoms. The Bertz CT molecular complexity index is 134. The molecule has 1 heteroatoms. The van der Waals surface area contributed by atoms with Crippen LogP contribution in [0.5, 0.6) is 0 Å². The topological polar surface area (TPSA) is 20.2 Å². The quantitative estimate of drug-likeness (QED) is 0.571. The van der Waals surface area contributed by atoms with Crippen molar-refractivity contribution in [3.63, 3.8) is 0 Å². The second-order valence-corrected chi connectivity index (χ2v) is 2.93. The van der Waals surface area contributed by atoms with Gasteiger partial charge in [-0.3, -0.25) is 0 Å². The van der Waals surface area contributed by atoms with Gasteiger partial charge < -0.3 is 5.11 Å². The van der Waals surface area contributed by atoms with Crippen LogP contribution in [-0.4, -0.2) is 11.7 Å². The van der Waals surface area contributed by atoms with Gasteiger partial charge >= 0.3 is 0 Å². The van der Waals surface area contributed by atoms with Crippen LogP contribution in [0, 0.1) is 5.92 Å². The minimum atomic E-state index is 0.325. The molecule has 1 N–H and O–H groups in total. The number of hydrogen-bond donors (Lipinski definition) is 1. The predicted octanol–water partition coefficient (Wildman–Crippen LogP) is 1.73. The molecule has 1 rings (SSSR count). The van der Waals surface area contributed by atoms with Gasteiger partial charge in [-0.25, -0.2) is 0 Å². The van der Waals surface area contributed by atoms with Gasteiger partial charge in [0.15, 0.2) is 0 Å². The Morgan fingerprint density at radius 2 is 2.22 bits per heavy atom. The van der Waals surface area contributed by atoms with Gasteiger partial charge in [-0.15, -0.1) is 0 Å². The summed E-state index contributed by atoms with van der Waals surface area (Å²) in [4.78, 5) is 0. The number of aliphatic hydroxyl groups excluding tert-OH is 1. The molecule has 0 aromatic rings. The van der Waals surface area contributed by atoms with E-state index in [0.717, 1.165) is 6.42 Å². The molecule has 1 nitrogen and oxygen atoms in total. The molecule has 0 aliphatic heterocycles. The zero-order chi connectivity index (χ0) is 6.85. The number of allylic oxidation sites excluding steroid dienone is 1. The third-order valence-electron chi connectivity index (χ3n) is 1.84. The van der Waals surface area contributed by atoms with E-state index in [4.69, 9.17) is 5.11 Å². The lowest BCUT2D eigenvalue weighted by Gasteiger charge is -1.91. The van der Waals surface area contributed by atoms with Crippen molar-refractivity contribution in [2.45, 2.75) is 26.7 Å². The molecule has 0 aromatic heterocycles. The van der Waals surface area contributed by atoms with Crippen molar-refractivity contribution in [2.75, 3.05) is 6.61 Å². The molecular weight excluding hydrogens is 112 g/mol.